The van der Waals surface area contributed by atoms with Gasteiger partial charge < -0.3 is 15.2 Å². The molecule has 0 aromatic heterocycles. The van der Waals surface area contributed by atoms with Crippen molar-refractivity contribution in [1.82, 2.24) is 5.32 Å². The molecule has 82 valence electrons. The van der Waals surface area contributed by atoms with E-state index in [2.05, 4.69) is 5.32 Å². The third-order valence-electron chi connectivity index (χ3n) is 2.31. The molecule has 5 heteroatoms. The van der Waals surface area contributed by atoms with Crippen molar-refractivity contribution in [3.8, 4) is 5.75 Å². The first-order chi connectivity index (χ1) is 7.16. The maximum atomic E-state index is 13.1. The summed E-state index contributed by atoms with van der Waals surface area (Å²) in [5.74, 6) is -0.140. The van der Waals surface area contributed by atoms with E-state index in [4.69, 9.17) is 16.3 Å². The number of halogens is 2. The molecule has 0 spiro atoms. The van der Waals surface area contributed by atoms with Gasteiger partial charge in [-0.3, -0.25) is 0 Å². The van der Waals surface area contributed by atoms with Crippen LogP contribution < -0.4 is 10.1 Å². The molecule has 0 bridgehead atoms. The van der Waals surface area contributed by atoms with Crippen LogP contribution in [0.5, 0.6) is 5.75 Å². The predicted octanol–water partition coefficient (Wildman–Crippen LogP) is 1.19. The average molecular weight is 232 g/mol. The van der Waals surface area contributed by atoms with E-state index in [1.54, 1.807) is 6.07 Å². The van der Waals surface area contributed by atoms with Crippen LogP contribution in [0.2, 0.25) is 5.02 Å². The van der Waals surface area contributed by atoms with Gasteiger partial charge in [-0.05, 0) is 12.1 Å². The van der Waals surface area contributed by atoms with Crippen LogP contribution in [-0.4, -0.2) is 30.4 Å². The van der Waals surface area contributed by atoms with E-state index < -0.39 is 11.9 Å². The van der Waals surface area contributed by atoms with Gasteiger partial charge >= 0.3 is 0 Å². The quantitative estimate of drug-likeness (QED) is 0.804. The van der Waals surface area contributed by atoms with E-state index in [9.17, 15) is 9.50 Å². The first kappa shape index (κ1) is 10.7. The lowest BCUT2D eigenvalue weighted by Gasteiger charge is -2.16. The van der Waals surface area contributed by atoms with E-state index in [0.717, 1.165) is 0 Å². The Hall–Kier alpha value is -0.840. The highest BCUT2D eigenvalue weighted by molar-refractivity contribution is 6.30. The summed E-state index contributed by atoms with van der Waals surface area (Å²) in [6.45, 7) is 1.06. The third-order valence-corrected chi connectivity index (χ3v) is 2.61. The highest BCUT2D eigenvalue weighted by Crippen LogP contribution is 2.22. The number of β-amino-alcohol motifs (C(OH)–C–C–N with tert-alkyl or cyclic N) is 1. The molecule has 1 heterocycles. The molecule has 1 aliphatic rings. The molecule has 0 aliphatic carbocycles. The SMILES string of the molecule is O[C@@H]1CNC[C@@H]1Oc1ccc(Cl)c(F)c1. The van der Waals surface area contributed by atoms with Crippen molar-refractivity contribution in [2.45, 2.75) is 12.2 Å². The molecule has 2 rings (SSSR count). The van der Waals surface area contributed by atoms with Crippen molar-refractivity contribution in [3.05, 3.63) is 29.0 Å². The van der Waals surface area contributed by atoms with Crippen LogP contribution in [0.1, 0.15) is 0 Å². The lowest BCUT2D eigenvalue weighted by Crippen LogP contribution is -2.29. The number of rotatable bonds is 2. The van der Waals surface area contributed by atoms with Gasteiger partial charge in [0.25, 0.3) is 0 Å². The number of aliphatic hydroxyl groups excluding tert-OH is 1. The van der Waals surface area contributed by atoms with Gasteiger partial charge in [-0.15, -0.1) is 0 Å². The molecule has 0 radical (unpaired) electrons. The molecular formula is C10H11ClFNO2. The molecule has 1 saturated heterocycles. The second-order valence-corrected chi connectivity index (χ2v) is 3.87. The molecule has 2 N–H and O–H groups in total. The molecule has 0 amide bonds. The van der Waals surface area contributed by atoms with Gasteiger partial charge in [0.15, 0.2) is 0 Å². The predicted molar refractivity (Wildman–Crippen MR) is 54.7 cm³/mol. The fourth-order valence-corrected chi connectivity index (χ4v) is 1.60. The number of ether oxygens (including phenoxy) is 1. The zero-order chi connectivity index (χ0) is 10.8. The zero-order valence-electron chi connectivity index (χ0n) is 7.91. The molecule has 0 unspecified atom stereocenters. The van der Waals surface area contributed by atoms with Crippen LogP contribution in [0.4, 0.5) is 4.39 Å². The summed E-state index contributed by atoms with van der Waals surface area (Å²) < 4.78 is 18.5. The van der Waals surface area contributed by atoms with E-state index >= 15 is 0 Å². The fourth-order valence-electron chi connectivity index (χ4n) is 1.49. The van der Waals surface area contributed by atoms with Crippen LogP contribution >= 0.6 is 11.6 Å². The Labute approximate surface area is 91.8 Å². The number of hydrogen-bond acceptors (Lipinski definition) is 3. The van der Waals surface area contributed by atoms with Crippen molar-refractivity contribution in [2.75, 3.05) is 13.1 Å². The smallest absolute Gasteiger partial charge is 0.145 e. The van der Waals surface area contributed by atoms with E-state index in [1.165, 1.54) is 12.1 Å². The minimum absolute atomic E-state index is 0.0624. The van der Waals surface area contributed by atoms with Gasteiger partial charge in [0.1, 0.15) is 23.8 Å². The Balaban J connectivity index is 2.07. The van der Waals surface area contributed by atoms with Gasteiger partial charge in [0.05, 0.1) is 5.02 Å². The standard InChI is InChI=1S/C10H11ClFNO2/c11-7-2-1-6(3-8(7)12)15-10-5-13-4-9(10)14/h1-3,9-10,13-14H,4-5H2/t9-,10+/m1/s1. The Bertz CT molecular complexity index is 361. The molecule has 1 aliphatic heterocycles. The fraction of sp³-hybridized carbons (Fsp3) is 0.400. The third kappa shape index (κ3) is 2.40. The summed E-state index contributed by atoms with van der Waals surface area (Å²) >= 11 is 5.53. The van der Waals surface area contributed by atoms with Crippen molar-refractivity contribution in [1.29, 1.82) is 0 Å². The van der Waals surface area contributed by atoms with E-state index in [-0.39, 0.29) is 11.1 Å². The largest absolute Gasteiger partial charge is 0.486 e. The molecule has 0 saturated carbocycles. The number of aliphatic hydroxyl groups is 1. The molecule has 1 aromatic rings. The van der Waals surface area contributed by atoms with Gasteiger partial charge in [-0.2, -0.15) is 0 Å². The number of benzene rings is 1. The van der Waals surface area contributed by atoms with Crippen LogP contribution in [0.3, 0.4) is 0 Å². The summed E-state index contributed by atoms with van der Waals surface area (Å²) in [6.07, 6.45) is -0.880. The van der Waals surface area contributed by atoms with Crippen LogP contribution in [0.25, 0.3) is 0 Å². The summed E-state index contributed by atoms with van der Waals surface area (Å²) in [5.41, 5.74) is 0. The maximum Gasteiger partial charge on any atom is 0.145 e. The highest BCUT2D eigenvalue weighted by Gasteiger charge is 2.26. The van der Waals surface area contributed by atoms with Crippen LogP contribution in [0.15, 0.2) is 18.2 Å². The van der Waals surface area contributed by atoms with Gasteiger partial charge in [-0.25, -0.2) is 4.39 Å². The summed E-state index contributed by atoms with van der Waals surface area (Å²) in [4.78, 5) is 0. The van der Waals surface area contributed by atoms with Crippen LogP contribution in [-0.2, 0) is 0 Å². The minimum atomic E-state index is -0.552. The Kier molecular flexibility index (Phi) is 3.09. The second-order valence-electron chi connectivity index (χ2n) is 3.46. The minimum Gasteiger partial charge on any atom is -0.486 e. The van der Waals surface area contributed by atoms with Crippen molar-refractivity contribution < 1.29 is 14.2 Å². The summed E-state index contributed by atoms with van der Waals surface area (Å²) in [6, 6.07) is 4.23. The van der Waals surface area contributed by atoms with Gasteiger partial charge in [0.2, 0.25) is 0 Å². The van der Waals surface area contributed by atoms with Crippen molar-refractivity contribution >= 4 is 11.6 Å². The van der Waals surface area contributed by atoms with E-state index in [0.29, 0.717) is 18.8 Å². The Morgan fingerprint density at radius 3 is 2.87 bits per heavy atom. The number of nitrogens with one attached hydrogen (secondary N) is 1. The maximum absolute atomic E-state index is 13.1. The summed E-state index contributed by atoms with van der Waals surface area (Å²) in [5, 5.41) is 12.5. The topological polar surface area (TPSA) is 41.5 Å². The lowest BCUT2D eigenvalue weighted by molar-refractivity contribution is 0.0735. The Morgan fingerprint density at radius 2 is 2.27 bits per heavy atom. The van der Waals surface area contributed by atoms with Crippen LogP contribution in [0, 0.1) is 5.82 Å². The molecule has 2 atom stereocenters. The number of hydrogen-bond donors (Lipinski definition) is 2. The summed E-state index contributed by atoms with van der Waals surface area (Å²) in [7, 11) is 0. The first-order valence-electron chi connectivity index (χ1n) is 4.67. The highest BCUT2D eigenvalue weighted by atomic mass is 35.5. The van der Waals surface area contributed by atoms with Crippen molar-refractivity contribution in [3.63, 3.8) is 0 Å². The monoisotopic (exact) mass is 231 g/mol. The first-order valence-corrected chi connectivity index (χ1v) is 5.05. The van der Waals surface area contributed by atoms with Gasteiger partial charge in [-0.1, -0.05) is 11.6 Å². The second kappa shape index (κ2) is 4.35. The van der Waals surface area contributed by atoms with Gasteiger partial charge in [0, 0.05) is 19.2 Å². The Morgan fingerprint density at radius 1 is 1.47 bits per heavy atom. The van der Waals surface area contributed by atoms with Crippen molar-refractivity contribution in [2.24, 2.45) is 0 Å². The van der Waals surface area contributed by atoms with E-state index in [1.807, 2.05) is 0 Å². The lowest BCUT2D eigenvalue weighted by atomic mass is 10.2. The molecule has 3 nitrogen and oxygen atoms in total. The molecule has 15 heavy (non-hydrogen) atoms. The average Bonchev–Trinajstić information content (AvgIpc) is 2.59. The molecular weight excluding hydrogens is 221 g/mol. The zero-order valence-corrected chi connectivity index (χ0v) is 8.67. The normalized spacial score (nSPS) is 25.5. The molecule has 1 aromatic carbocycles. The molecule has 1 fully saturated rings.